The van der Waals surface area contributed by atoms with E-state index in [4.69, 9.17) is 18.9 Å². The van der Waals surface area contributed by atoms with Gasteiger partial charge in [0, 0.05) is 0 Å². The van der Waals surface area contributed by atoms with Gasteiger partial charge in [-0.15, -0.1) is 0 Å². The average Bonchev–Trinajstić information content (AvgIpc) is 2.75. The minimum Gasteiger partial charge on any atom is -0.470 e. The van der Waals surface area contributed by atoms with Crippen molar-refractivity contribution in [2.24, 2.45) is 17.3 Å². The Balaban J connectivity index is 1.36. The first-order valence-electron chi connectivity index (χ1n) is 10.9. The van der Waals surface area contributed by atoms with Crippen molar-refractivity contribution in [3.63, 3.8) is 0 Å². The third-order valence-corrected chi connectivity index (χ3v) is 7.60. The number of hydrogen-bond acceptors (Lipinski definition) is 10. The number of aliphatic hydroxyl groups excluding tert-OH is 6. The van der Waals surface area contributed by atoms with E-state index in [1.807, 2.05) is 0 Å². The first-order valence-corrected chi connectivity index (χ1v) is 10.9. The Morgan fingerprint density at radius 1 is 0.968 bits per heavy atom. The molecule has 11 atom stereocenters. The molecule has 178 valence electrons. The molecule has 10 nitrogen and oxygen atoms in total. The summed E-state index contributed by atoms with van der Waals surface area (Å²) in [6, 6.07) is 0. The van der Waals surface area contributed by atoms with Crippen molar-refractivity contribution >= 4 is 0 Å². The average molecular weight is 446 g/mol. The molecule has 0 aromatic heterocycles. The lowest BCUT2D eigenvalue weighted by atomic mass is 9.47. The largest absolute Gasteiger partial charge is 0.470 e. The predicted octanol–water partition coefficient (Wildman–Crippen LogP) is -1.39. The highest BCUT2D eigenvalue weighted by atomic mass is 16.7. The SMILES string of the molecule is CC1(C)[C@@H]2CC/C(=C\O[C@@H]3O[C@H](CO[C@@H]4OC[C@H](O)[C@H](O)[C@H]4O)[C@@H](O)[C@H](O)[C@H]3O)[C@H]1C2. The molecule has 5 aliphatic rings. The second-order valence-electron chi connectivity index (χ2n) is 9.77. The summed E-state index contributed by atoms with van der Waals surface area (Å²) >= 11 is 0. The number of allylic oxidation sites excluding steroid dienone is 1. The maximum atomic E-state index is 10.3. The topological polar surface area (TPSA) is 158 Å². The molecule has 0 radical (unpaired) electrons. The van der Waals surface area contributed by atoms with Crippen LogP contribution < -0.4 is 0 Å². The van der Waals surface area contributed by atoms with Crippen LogP contribution in [0.15, 0.2) is 11.8 Å². The fourth-order valence-electron chi connectivity index (χ4n) is 5.23. The Hall–Kier alpha value is -0.820. The van der Waals surface area contributed by atoms with Crippen molar-refractivity contribution in [3.05, 3.63) is 11.8 Å². The normalized spacial score (nSPS) is 50.7. The maximum absolute atomic E-state index is 10.3. The van der Waals surface area contributed by atoms with E-state index < -0.39 is 55.3 Å². The van der Waals surface area contributed by atoms with Gasteiger partial charge in [0.2, 0.25) is 6.29 Å². The second-order valence-corrected chi connectivity index (χ2v) is 9.77. The van der Waals surface area contributed by atoms with Crippen molar-refractivity contribution in [1.82, 2.24) is 0 Å². The molecule has 0 amide bonds. The van der Waals surface area contributed by atoms with Crippen molar-refractivity contribution in [1.29, 1.82) is 0 Å². The number of fused-ring (bicyclic) bond motifs is 2. The summed E-state index contributed by atoms with van der Waals surface area (Å²) in [6.07, 6.45) is -7.35. The summed E-state index contributed by atoms with van der Waals surface area (Å²) < 4.78 is 21.9. The molecule has 5 rings (SSSR count). The summed E-state index contributed by atoms with van der Waals surface area (Å²) in [5.41, 5.74) is 1.38. The summed E-state index contributed by atoms with van der Waals surface area (Å²) in [6.45, 7) is 3.96. The van der Waals surface area contributed by atoms with Crippen LogP contribution in [0, 0.1) is 17.3 Å². The minimum atomic E-state index is -1.52. The van der Waals surface area contributed by atoms with Crippen LogP contribution in [0.1, 0.15) is 33.1 Å². The van der Waals surface area contributed by atoms with Gasteiger partial charge in [-0.05, 0) is 42.1 Å². The summed E-state index contributed by atoms with van der Waals surface area (Å²) in [4.78, 5) is 0. The molecular weight excluding hydrogens is 412 g/mol. The highest BCUT2D eigenvalue weighted by molar-refractivity contribution is 5.20. The zero-order chi connectivity index (χ0) is 22.5. The monoisotopic (exact) mass is 446 g/mol. The Kier molecular flexibility index (Phi) is 6.66. The Morgan fingerprint density at radius 2 is 1.68 bits per heavy atom. The Bertz CT molecular complexity index is 667. The van der Waals surface area contributed by atoms with E-state index in [0.29, 0.717) is 5.92 Å². The van der Waals surface area contributed by atoms with Crippen LogP contribution in [0.5, 0.6) is 0 Å². The molecular formula is C21H34O10. The highest BCUT2D eigenvalue weighted by Gasteiger charge is 2.52. The van der Waals surface area contributed by atoms with Gasteiger partial charge in [-0.2, -0.15) is 0 Å². The zero-order valence-electron chi connectivity index (χ0n) is 17.8. The van der Waals surface area contributed by atoms with E-state index in [1.165, 1.54) is 0 Å². The summed E-state index contributed by atoms with van der Waals surface area (Å²) in [5, 5.41) is 60.0. The maximum Gasteiger partial charge on any atom is 0.228 e. The molecule has 0 spiro atoms. The molecule has 3 aliphatic carbocycles. The fourth-order valence-corrected chi connectivity index (χ4v) is 5.23. The van der Waals surface area contributed by atoms with Crippen molar-refractivity contribution in [2.75, 3.05) is 13.2 Å². The lowest BCUT2D eigenvalue weighted by molar-refractivity contribution is -0.313. The minimum absolute atomic E-state index is 0.226. The summed E-state index contributed by atoms with van der Waals surface area (Å²) in [5.74, 6) is 1.15. The Morgan fingerprint density at radius 3 is 2.35 bits per heavy atom. The molecule has 0 aromatic carbocycles. The van der Waals surface area contributed by atoms with Crippen molar-refractivity contribution in [3.8, 4) is 0 Å². The van der Waals surface area contributed by atoms with Gasteiger partial charge in [0.1, 0.15) is 42.7 Å². The van der Waals surface area contributed by atoms with Crippen molar-refractivity contribution < 1.29 is 49.6 Å². The Labute approximate surface area is 181 Å². The third-order valence-electron chi connectivity index (χ3n) is 7.60. The van der Waals surface area contributed by atoms with Crippen LogP contribution in [0.2, 0.25) is 0 Å². The van der Waals surface area contributed by atoms with Crippen molar-refractivity contribution in [2.45, 2.75) is 88.4 Å². The van der Waals surface area contributed by atoms with Crippen LogP contribution in [0.4, 0.5) is 0 Å². The van der Waals surface area contributed by atoms with E-state index in [2.05, 4.69) is 13.8 Å². The van der Waals surface area contributed by atoms with Crippen LogP contribution in [0.25, 0.3) is 0 Å². The van der Waals surface area contributed by atoms with Gasteiger partial charge in [0.15, 0.2) is 6.29 Å². The van der Waals surface area contributed by atoms with E-state index in [1.54, 1.807) is 6.26 Å². The van der Waals surface area contributed by atoms with E-state index in [9.17, 15) is 30.6 Å². The number of rotatable bonds is 5. The quantitative estimate of drug-likeness (QED) is 0.278. The number of ether oxygens (including phenoxy) is 4. The molecule has 5 fully saturated rings. The molecule has 6 N–H and O–H groups in total. The second kappa shape index (κ2) is 8.85. The molecule has 2 heterocycles. The molecule has 10 heteroatoms. The van der Waals surface area contributed by atoms with Crippen LogP contribution >= 0.6 is 0 Å². The molecule has 31 heavy (non-hydrogen) atoms. The van der Waals surface area contributed by atoms with Crippen LogP contribution in [0.3, 0.4) is 0 Å². The zero-order valence-corrected chi connectivity index (χ0v) is 17.8. The molecule has 2 bridgehead atoms. The van der Waals surface area contributed by atoms with E-state index in [0.717, 1.165) is 30.8 Å². The molecule has 2 saturated heterocycles. The van der Waals surface area contributed by atoms with Gasteiger partial charge in [0.25, 0.3) is 0 Å². The predicted molar refractivity (Wildman–Crippen MR) is 104 cm³/mol. The smallest absolute Gasteiger partial charge is 0.228 e. The van der Waals surface area contributed by atoms with Crippen LogP contribution in [-0.4, -0.2) is 99.2 Å². The molecule has 3 saturated carbocycles. The molecule has 2 aliphatic heterocycles. The van der Waals surface area contributed by atoms with Crippen LogP contribution in [-0.2, 0) is 18.9 Å². The van der Waals surface area contributed by atoms with Gasteiger partial charge >= 0.3 is 0 Å². The fraction of sp³-hybridized carbons (Fsp3) is 0.905. The molecule has 0 aromatic rings. The highest BCUT2D eigenvalue weighted by Crippen LogP contribution is 2.61. The lowest BCUT2D eigenvalue weighted by Gasteiger charge is -2.57. The standard InChI is InChI=1S/C21H34O10/c1-21(2)10-4-3-9(11(21)5-10)6-28-20-18(27)16(25)15(24)13(31-20)8-30-19-17(26)14(23)12(22)7-29-19/h6,10-20,22-27H,3-5,7-8H2,1-2H3/b9-6+/t10-,11-,12+,13-,14+,15-,16+,17-,18-,19+,20-/m1/s1. The number of hydrogen-bond donors (Lipinski definition) is 6. The lowest BCUT2D eigenvalue weighted by Crippen LogP contribution is -2.60. The van der Waals surface area contributed by atoms with Gasteiger partial charge in [-0.25, -0.2) is 0 Å². The summed E-state index contributed by atoms with van der Waals surface area (Å²) in [7, 11) is 0. The van der Waals surface area contributed by atoms with Gasteiger partial charge < -0.3 is 49.6 Å². The first kappa shape index (κ1) is 23.3. The third kappa shape index (κ3) is 4.25. The van der Waals surface area contributed by atoms with Gasteiger partial charge in [0.05, 0.1) is 19.5 Å². The number of aliphatic hydroxyl groups is 6. The first-order chi connectivity index (χ1) is 14.6. The van der Waals surface area contributed by atoms with E-state index in [-0.39, 0.29) is 18.6 Å². The molecule has 0 unspecified atom stereocenters. The van der Waals surface area contributed by atoms with E-state index >= 15 is 0 Å². The van der Waals surface area contributed by atoms with Gasteiger partial charge in [-0.3, -0.25) is 0 Å². The van der Waals surface area contributed by atoms with Gasteiger partial charge in [-0.1, -0.05) is 13.8 Å².